The van der Waals surface area contributed by atoms with E-state index in [-0.39, 0.29) is 17.1 Å². The Balaban J connectivity index is 1.58. The standard InChI is InChI=1S/C27H24F3NO4/c1-18-16-20(17-25(33-2)26(18)34-3)5-4-19-6-10-22(11-7-19)31-15-14-24(32)21-8-12-23(13-9-21)35-27(28,29)30/h4-17,31H,1-3H3/b5-4-,15-14-. The van der Waals surface area contributed by atoms with Crippen molar-refractivity contribution in [2.45, 2.75) is 13.3 Å². The van der Waals surface area contributed by atoms with Gasteiger partial charge in [-0.3, -0.25) is 4.79 Å². The van der Waals surface area contributed by atoms with Crippen LogP contribution < -0.4 is 19.5 Å². The average molecular weight is 483 g/mol. The second-order valence-corrected chi connectivity index (χ2v) is 7.44. The molecule has 0 radical (unpaired) electrons. The molecule has 0 aliphatic rings. The normalized spacial score (nSPS) is 11.6. The Morgan fingerprint density at radius 3 is 2.14 bits per heavy atom. The van der Waals surface area contributed by atoms with Gasteiger partial charge in [0.15, 0.2) is 17.3 Å². The minimum atomic E-state index is -4.77. The van der Waals surface area contributed by atoms with Gasteiger partial charge in [0.2, 0.25) is 0 Å². The van der Waals surface area contributed by atoms with Crippen molar-refractivity contribution in [3.8, 4) is 17.2 Å². The van der Waals surface area contributed by atoms with Crippen LogP contribution in [0.2, 0.25) is 0 Å². The molecule has 0 saturated carbocycles. The maximum absolute atomic E-state index is 12.2. The molecule has 0 aliphatic heterocycles. The number of aryl methyl sites for hydroxylation is 1. The van der Waals surface area contributed by atoms with Crippen LogP contribution in [0.15, 0.2) is 72.9 Å². The number of ether oxygens (including phenoxy) is 3. The number of carbonyl (C=O) groups excluding carboxylic acids is 1. The van der Waals surface area contributed by atoms with E-state index in [4.69, 9.17) is 9.47 Å². The third-order valence-corrected chi connectivity index (χ3v) is 4.92. The smallest absolute Gasteiger partial charge is 0.493 e. The van der Waals surface area contributed by atoms with Crippen molar-refractivity contribution in [1.29, 1.82) is 0 Å². The molecule has 0 bridgehead atoms. The van der Waals surface area contributed by atoms with Gasteiger partial charge in [-0.15, -0.1) is 13.2 Å². The lowest BCUT2D eigenvalue weighted by molar-refractivity contribution is -0.274. The van der Waals surface area contributed by atoms with Crippen LogP contribution in [-0.2, 0) is 0 Å². The Hall–Kier alpha value is -4.20. The monoisotopic (exact) mass is 483 g/mol. The van der Waals surface area contributed by atoms with E-state index in [9.17, 15) is 18.0 Å². The number of hydrogen-bond donors (Lipinski definition) is 1. The Morgan fingerprint density at radius 2 is 1.54 bits per heavy atom. The zero-order chi connectivity index (χ0) is 25.4. The Labute approximate surface area is 201 Å². The van der Waals surface area contributed by atoms with Gasteiger partial charge < -0.3 is 19.5 Å². The Kier molecular flexibility index (Phi) is 8.20. The summed E-state index contributed by atoms with van der Waals surface area (Å²) in [6.45, 7) is 1.95. The Bertz CT molecular complexity index is 1210. The molecule has 0 unspecified atom stereocenters. The van der Waals surface area contributed by atoms with E-state index < -0.39 is 6.36 Å². The number of hydrogen-bond acceptors (Lipinski definition) is 5. The van der Waals surface area contributed by atoms with Gasteiger partial charge in [0.1, 0.15) is 5.75 Å². The molecule has 0 aromatic heterocycles. The summed E-state index contributed by atoms with van der Waals surface area (Å²) in [5.41, 5.74) is 3.93. The molecule has 8 heteroatoms. The average Bonchev–Trinajstić information content (AvgIpc) is 2.82. The molecule has 0 heterocycles. The third-order valence-electron chi connectivity index (χ3n) is 4.92. The number of halogens is 3. The second-order valence-electron chi connectivity index (χ2n) is 7.44. The van der Waals surface area contributed by atoms with Crippen molar-refractivity contribution >= 4 is 23.6 Å². The van der Waals surface area contributed by atoms with Gasteiger partial charge in [0.05, 0.1) is 14.2 Å². The van der Waals surface area contributed by atoms with E-state index in [1.807, 2.05) is 55.5 Å². The predicted octanol–water partition coefficient (Wildman–Crippen LogP) is 6.89. The molecular formula is C27H24F3NO4. The number of nitrogens with one attached hydrogen (secondary N) is 1. The van der Waals surface area contributed by atoms with Gasteiger partial charge in [-0.25, -0.2) is 0 Å². The second kappa shape index (κ2) is 11.3. The van der Waals surface area contributed by atoms with E-state index in [2.05, 4.69) is 10.1 Å². The van der Waals surface area contributed by atoms with Gasteiger partial charge in [-0.1, -0.05) is 24.3 Å². The fourth-order valence-electron chi connectivity index (χ4n) is 3.29. The van der Waals surface area contributed by atoms with Crippen LogP contribution in [0.25, 0.3) is 12.2 Å². The summed E-state index contributed by atoms with van der Waals surface area (Å²) in [6.07, 6.45) is 1.94. The summed E-state index contributed by atoms with van der Waals surface area (Å²) in [7, 11) is 3.21. The highest BCUT2D eigenvalue weighted by Gasteiger charge is 2.31. The predicted molar refractivity (Wildman–Crippen MR) is 130 cm³/mol. The number of anilines is 1. The largest absolute Gasteiger partial charge is 0.573 e. The van der Waals surface area contributed by atoms with Crippen LogP contribution >= 0.6 is 0 Å². The molecule has 35 heavy (non-hydrogen) atoms. The molecule has 5 nitrogen and oxygen atoms in total. The van der Waals surface area contributed by atoms with E-state index in [1.54, 1.807) is 14.2 Å². The first kappa shape index (κ1) is 25.4. The Morgan fingerprint density at radius 1 is 0.886 bits per heavy atom. The van der Waals surface area contributed by atoms with Gasteiger partial charge in [-0.05, 0) is 72.1 Å². The van der Waals surface area contributed by atoms with Crippen LogP contribution in [0.1, 0.15) is 27.0 Å². The van der Waals surface area contributed by atoms with E-state index >= 15 is 0 Å². The highest BCUT2D eigenvalue weighted by Crippen LogP contribution is 2.32. The number of methoxy groups -OCH3 is 2. The lowest BCUT2D eigenvalue weighted by Crippen LogP contribution is -2.17. The molecule has 0 amide bonds. The maximum Gasteiger partial charge on any atom is 0.573 e. The van der Waals surface area contributed by atoms with Crippen molar-refractivity contribution in [3.63, 3.8) is 0 Å². The van der Waals surface area contributed by atoms with Gasteiger partial charge in [-0.2, -0.15) is 0 Å². The van der Waals surface area contributed by atoms with Crippen molar-refractivity contribution in [3.05, 3.63) is 95.2 Å². The number of allylic oxidation sites excluding steroid dienone is 1. The number of carbonyl (C=O) groups is 1. The molecule has 1 N–H and O–H groups in total. The summed E-state index contributed by atoms with van der Waals surface area (Å²) in [5.74, 6) is 0.630. The molecule has 3 aromatic carbocycles. The highest BCUT2D eigenvalue weighted by molar-refractivity contribution is 6.04. The summed E-state index contributed by atoms with van der Waals surface area (Å²) < 4.78 is 51.2. The minimum Gasteiger partial charge on any atom is -0.493 e. The van der Waals surface area contributed by atoms with Crippen LogP contribution in [0.5, 0.6) is 17.2 Å². The number of benzene rings is 3. The molecule has 0 saturated heterocycles. The highest BCUT2D eigenvalue weighted by atomic mass is 19.4. The van der Waals surface area contributed by atoms with Gasteiger partial charge in [0.25, 0.3) is 0 Å². The van der Waals surface area contributed by atoms with E-state index in [0.29, 0.717) is 11.5 Å². The van der Waals surface area contributed by atoms with Crippen LogP contribution in [0, 0.1) is 6.92 Å². The van der Waals surface area contributed by atoms with Crippen LogP contribution in [-0.4, -0.2) is 26.4 Å². The first-order valence-electron chi connectivity index (χ1n) is 10.5. The maximum atomic E-state index is 12.2. The van der Waals surface area contributed by atoms with Crippen LogP contribution in [0.3, 0.4) is 0 Å². The van der Waals surface area contributed by atoms with E-state index in [0.717, 1.165) is 34.5 Å². The molecule has 0 atom stereocenters. The topological polar surface area (TPSA) is 56.8 Å². The van der Waals surface area contributed by atoms with Crippen molar-refractivity contribution in [1.82, 2.24) is 0 Å². The van der Waals surface area contributed by atoms with Gasteiger partial charge in [0, 0.05) is 23.5 Å². The molecule has 3 rings (SSSR count). The van der Waals surface area contributed by atoms with Crippen molar-refractivity contribution < 1.29 is 32.2 Å². The zero-order valence-electron chi connectivity index (χ0n) is 19.3. The summed E-state index contributed by atoms with van der Waals surface area (Å²) in [5, 5.41) is 2.99. The van der Waals surface area contributed by atoms with Crippen molar-refractivity contribution in [2.75, 3.05) is 19.5 Å². The fraction of sp³-hybridized carbons (Fsp3) is 0.148. The number of rotatable bonds is 9. The van der Waals surface area contributed by atoms with Crippen molar-refractivity contribution in [2.24, 2.45) is 0 Å². The molecule has 3 aromatic rings. The molecular weight excluding hydrogens is 459 g/mol. The molecule has 182 valence electrons. The third kappa shape index (κ3) is 7.40. The lowest BCUT2D eigenvalue weighted by Gasteiger charge is -2.11. The molecule has 0 fully saturated rings. The van der Waals surface area contributed by atoms with E-state index in [1.165, 1.54) is 24.4 Å². The summed E-state index contributed by atoms with van der Waals surface area (Å²) >= 11 is 0. The SMILES string of the molecule is COc1cc(/C=C\c2ccc(N/C=C\C(=O)c3ccc(OC(F)(F)F)cc3)cc2)cc(C)c1OC. The fourth-order valence-corrected chi connectivity index (χ4v) is 3.29. The minimum absolute atomic E-state index is 0.239. The summed E-state index contributed by atoms with van der Waals surface area (Å²) in [6, 6.07) is 16.2. The zero-order valence-corrected chi connectivity index (χ0v) is 19.3. The number of ketones is 1. The quantitative estimate of drug-likeness (QED) is 0.204. The number of alkyl halides is 3. The summed E-state index contributed by atoms with van der Waals surface area (Å²) in [4.78, 5) is 12.2. The first-order chi connectivity index (χ1) is 16.7. The lowest BCUT2D eigenvalue weighted by atomic mass is 10.1. The van der Waals surface area contributed by atoms with Crippen LogP contribution in [0.4, 0.5) is 18.9 Å². The molecule has 0 aliphatic carbocycles. The van der Waals surface area contributed by atoms with Gasteiger partial charge >= 0.3 is 6.36 Å². The first-order valence-corrected chi connectivity index (χ1v) is 10.5. The molecule has 0 spiro atoms.